The number of hydrogen-bond acceptors (Lipinski definition) is 8. The zero-order chi connectivity index (χ0) is 36.6. The van der Waals surface area contributed by atoms with Crippen LogP contribution < -0.4 is 5.32 Å². The number of alkyl halides is 1. The molecule has 0 aliphatic carbocycles. The molecule has 0 aromatic heterocycles. The van der Waals surface area contributed by atoms with Gasteiger partial charge in [0.2, 0.25) is 17.7 Å². The van der Waals surface area contributed by atoms with Crippen molar-refractivity contribution >= 4 is 39.6 Å². The standard InChI is InChI=1S/C38H54BrN3O8/c1-7-11-18-29(44)40-27(23-48-6)32(25-16-14-13-15-17-25)49-37(47)30-31-35(45)42(28(22-43)24(5)10-4)34(38(31)21-26(39)33(30)50-38)36(46)41(19-9-3)20-12-8-2/h7,9,13-17,24,26-28,30-34,43H,1,3,8,10-12,18-23H2,2,4-6H3,(H,40,44)/t24-,26?,27-,28-,30+,31-,32-,33+,34+,38-/m0/s1. The van der Waals surface area contributed by atoms with Gasteiger partial charge in [0.25, 0.3) is 0 Å². The third-order valence-electron chi connectivity index (χ3n) is 10.5. The van der Waals surface area contributed by atoms with Gasteiger partial charge in [-0.05, 0) is 30.7 Å². The molecule has 2 bridgehead atoms. The van der Waals surface area contributed by atoms with Crippen molar-refractivity contribution in [2.75, 3.05) is 33.4 Å². The minimum absolute atomic E-state index is 0.0545. The molecule has 11 nitrogen and oxygen atoms in total. The monoisotopic (exact) mass is 759 g/mol. The van der Waals surface area contributed by atoms with E-state index in [-0.39, 0.29) is 48.7 Å². The van der Waals surface area contributed by atoms with Crippen molar-refractivity contribution in [2.45, 2.75) is 100 Å². The van der Waals surface area contributed by atoms with Crippen LogP contribution in [0.5, 0.6) is 0 Å². The third kappa shape index (κ3) is 7.88. The van der Waals surface area contributed by atoms with E-state index >= 15 is 0 Å². The van der Waals surface area contributed by atoms with Crippen molar-refractivity contribution in [2.24, 2.45) is 17.8 Å². The Labute approximate surface area is 304 Å². The summed E-state index contributed by atoms with van der Waals surface area (Å²) in [5.74, 6) is -3.80. The average molecular weight is 761 g/mol. The van der Waals surface area contributed by atoms with E-state index in [1.165, 1.54) is 12.0 Å². The van der Waals surface area contributed by atoms with Crippen molar-refractivity contribution in [3.8, 4) is 0 Å². The lowest BCUT2D eigenvalue weighted by Crippen LogP contribution is -2.60. The summed E-state index contributed by atoms with van der Waals surface area (Å²) < 4.78 is 18.6. The molecular formula is C38H54BrN3O8. The zero-order valence-electron chi connectivity index (χ0n) is 29.8. The third-order valence-corrected chi connectivity index (χ3v) is 11.4. The second-order valence-corrected chi connectivity index (χ2v) is 14.9. The van der Waals surface area contributed by atoms with E-state index in [9.17, 15) is 24.3 Å². The van der Waals surface area contributed by atoms with Gasteiger partial charge in [-0.2, -0.15) is 0 Å². The number of halogens is 1. The first-order valence-electron chi connectivity index (χ1n) is 17.8. The molecule has 0 saturated carbocycles. The fourth-order valence-corrected chi connectivity index (χ4v) is 8.82. The number of methoxy groups -OCH3 is 1. The van der Waals surface area contributed by atoms with Gasteiger partial charge in [-0.15, -0.1) is 13.2 Å². The van der Waals surface area contributed by atoms with Gasteiger partial charge in [-0.1, -0.05) is 92.0 Å². The van der Waals surface area contributed by atoms with Crippen LogP contribution in [0.25, 0.3) is 0 Å². The van der Waals surface area contributed by atoms with Crippen molar-refractivity contribution < 1.29 is 38.5 Å². The van der Waals surface area contributed by atoms with Gasteiger partial charge < -0.3 is 34.4 Å². The first-order valence-corrected chi connectivity index (χ1v) is 18.8. The second-order valence-electron chi connectivity index (χ2n) is 13.7. The summed E-state index contributed by atoms with van der Waals surface area (Å²) in [6, 6.07) is 6.63. The van der Waals surface area contributed by atoms with Gasteiger partial charge in [-0.3, -0.25) is 19.2 Å². The number of aliphatic hydroxyl groups is 1. The minimum Gasteiger partial charge on any atom is -0.455 e. The highest BCUT2D eigenvalue weighted by molar-refractivity contribution is 9.09. The predicted molar refractivity (Wildman–Crippen MR) is 193 cm³/mol. The Morgan fingerprint density at radius 1 is 1.22 bits per heavy atom. The summed E-state index contributed by atoms with van der Waals surface area (Å²) in [5, 5.41) is 13.7. The van der Waals surface area contributed by atoms with Crippen molar-refractivity contribution in [1.29, 1.82) is 0 Å². The average Bonchev–Trinajstić information content (AvgIpc) is 3.71. The van der Waals surface area contributed by atoms with E-state index in [1.807, 2.05) is 51.1 Å². The first-order chi connectivity index (χ1) is 24.0. The molecule has 3 aliphatic heterocycles. The van der Waals surface area contributed by atoms with Crippen molar-refractivity contribution in [3.63, 3.8) is 0 Å². The molecule has 1 spiro atoms. The van der Waals surface area contributed by atoms with Crippen LogP contribution in [0.2, 0.25) is 0 Å². The van der Waals surface area contributed by atoms with E-state index in [0.29, 0.717) is 31.4 Å². The molecule has 3 heterocycles. The number of rotatable bonds is 20. The number of likely N-dealkylation sites (tertiary alicyclic amines) is 1. The van der Waals surface area contributed by atoms with Crippen LogP contribution in [0.1, 0.15) is 71.0 Å². The van der Waals surface area contributed by atoms with Crippen LogP contribution in [0, 0.1) is 17.8 Å². The maximum Gasteiger partial charge on any atom is 0.313 e. The molecule has 0 radical (unpaired) electrons. The second kappa shape index (κ2) is 17.9. The van der Waals surface area contributed by atoms with Gasteiger partial charge in [0.1, 0.15) is 17.7 Å². The van der Waals surface area contributed by atoms with Gasteiger partial charge in [0, 0.05) is 31.4 Å². The molecule has 3 saturated heterocycles. The SMILES string of the molecule is C=CCCC(=O)N[C@@H](COC)[C@@H](OC(=O)[C@H]1[C@@H]2O[C@@]3(CC2Br)[C@@H]1C(=O)N([C@@H](CO)[C@@H](C)CC)[C@@H]3C(=O)N(CC=C)CCCC)c1ccccc1. The molecule has 50 heavy (non-hydrogen) atoms. The molecule has 3 aliphatic rings. The number of hydrogen-bond donors (Lipinski definition) is 2. The number of fused-ring (bicyclic) bond motifs is 1. The van der Waals surface area contributed by atoms with E-state index in [2.05, 4.69) is 34.4 Å². The van der Waals surface area contributed by atoms with E-state index in [0.717, 1.165) is 12.8 Å². The lowest BCUT2D eigenvalue weighted by atomic mass is 9.70. The lowest BCUT2D eigenvalue weighted by molar-refractivity contribution is -0.163. The number of carbonyl (C=O) groups is 4. The summed E-state index contributed by atoms with van der Waals surface area (Å²) in [6.45, 7) is 14.0. The summed E-state index contributed by atoms with van der Waals surface area (Å²) in [4.78, 5) is 59.8. The maximum absolute atomic E-state index is 14.8. The molecule has 1 aromatic rings. The fourth-order valence-electron chi connectivity index (χ4n) is 7.88. The largest absolute Gasteiger partial charge is 0.455 e. The maximum atomic E-state index is 14.8. The number of aliphatic hydroxyl groups excluding tert-OH is 1. The van der Waals surface area contributed by atoms with Crippen LogP contribution in [-0.2, 0) is 33.4 Å². The molecule has 1 aromatic carbocycles. The summed E-state index contributed by atoms with van der Waals surface area (Å²) in [7, 11) is 1.50. The molecule has 3 amide bonds. The van der Waals surface area contributed by atoms with Crippen molar-refractivity contribution in [1.82, 2.24) is 15.1 Å². The van der Waals surface area contributed by atoms with Crippen LogP contribution in [0.3, 0.4) is 0 Å². The van der Waals surface area contributed by atoms with Crippen LogP contribution in [0.15, 0.2) is 55.6 Å². The molecule has 4 rings (SSSR count). The Morgan fingerprint density at radius 3 is 2.54 bits per heavy atom. The predicted octanol–water partition coefficient (Wildman–Crippen LogP) is 4.34. The van der Waals surface area contributed by atoms with Crippen LogP contribution in [0.4, 0.5) is 0 Å². The fraction of sp³-hybridized carbons (Fsp3) is 0.632. The highest BCUT2D eigenvalue weighted by atomic mass is 79.9. The number of allylic oxidation sites excluding steroid dienone is 1. The van der Waals surface area contributed by atoms with E-state index < -0.39 is 59.6 Å². The molecule has 10 atom stereocenters. The minimum atomic E-state index is -1.32. The number of ether oxygens (including phenoxy) is 3. The van der Waals surface area contributed by atoms with Gasteiger partial charge in [-0.25, -0.2) is 0 Å². The number of amides is 3. The van der Waals surface area contributed by atoms with Gasteiger partial charge >= 0.3 is 5.97 Å². The Balaban J connectivity index is 1.77. The topological polar surface area (TPSA) is 135 Å². The number of nitrogens with one attached hydrogen (secondary N) is 1. The Hall–Kier alpha value is -3.06. The Bertz CT molecular complexity index is 1360. The number of carbonyl (C=O) groups excluding carboxylic acids is 4. The van der Waals surface area contributed by atoms with E-state index in [1.54, 1.807) is 17.1 Å². The number of nitrogens with zero attached hydrogens (tertiary/aromatic N) is 2. The molecule has 276 valence electrons. The number of benzene rings is 1. The van der Waals surface area contributed by atoms with Crippen molar-refractivity contribution in [3.05, 3.63) is 61.2 Å². The molecule has 3 fully saturated rings. The smallest absolute Gasteiger partial charge is 0.313 e. The number of esters is 1. The van der Waals surface area contributed by atoms with Crippen LogP contribution in [-0.4, -0.2) is 107 Å². The zero-order valence-corrected chi connectivity index (χ0v) is 31.4. The highest BCUT2D eigenvalue weighted by Crippen LogP contribution is 2.61. The summed E-state index contributed by atoms with van der Waals surface area (Å²) >= 11 is 3.74. The first kappa shape index (κ1) is 39.7. The Kier molecular flexibility index (Phi) is 14.2. The lowest BCUT2D eigenvalue weighted by Gasteiger charge is -2.41. The number of unbranched alkanes of at least 4 members (excludes halogenated alkanes) is 1. The van der Waals surface area contributed by atoms with Gasteiger partial charge in [0.15, 0.2) is 0 Å². The van der Waals surface area contributed by atoms with E-state index in [4.69, 9.17) is 14.2 Å². The molecule has 1 unspecified atom stereocenters. The molecular weight excluding hydrogens is 706 g/mol. The normalized spacial score (nSPS) is 27.6. The van der Waals surface area contributed by atoms with Crippen LogP contribution >= 0.6 is 15.9 Å². The summed E-state index contributed by atoms with van der Waals surface area (Å²) in [5.41, 5.74) is -0.683. The summed E-state index contributed by atoms with van der Waals surface area (Å²) in [6.07, 6.45) is 4.93. The molecule has 2 N–H and O–H groups in total. The quantitative estimate of drug-likeness (QED) is 0.114. The molecule has 12 heteroatoms. The van der Waals surface area contributed by atoms with Gasteiger partial charge in [0.05, 0.1) is 43.2 Å². The Morgan fingerprint density at radius 2 is 1.94 bits per heavy atom. The highest BCUT2D eigenvalue weighted by Gasteiger charge is 2.77.